The van der Waals surface area contributed by atoms with Crippen LogP contribution in [0.1, 0.15) is 32.1 Å². The molecule has 2 aliphatic rings. The molecule has 0 amide bonds. The number of fused-ring (bicyclic) bond motifs is 1. The number of sulfonamides is 1. The Kier molecular flexibility index (Phi) is 6.61. The lowest BCUT2D eigenvalue weighted by Gasteiger charge is -2.21. The van der Waals surface area contributed by atoms with Crippen molar-refractivity contribution in [1.82, 2.24) is 4.31 Å². The average molecular weight is 516 g/mol. The minimum Gasteiger partial charge on any atom is -0.490 e. The van der Waals surface area contributed by atoms with E-state index in [0.717, 1.165) is 33.7 Å². The van der Waals surface area contributed by atoms with Crippen molar-refractivity contribution in [2.75, 3.05) is 6.54 Å². The molecule has 35 heavy (non-hydrogen) atoms. The van der Waals surface area contributed by atoms with E-state index in [2.05, 4.69) is 0 Å². The maximum Gasteiger partial charge on any atom is 0.322 e. The number of aliphatic carboxylic acids is 1. The fourth-order valence-electron chi connectivity index (χ4n) is 4.82. The number of carbonyl (C=O) groups is 1. The summed E-state index contributed by atoms with van der Waals surface area (Å²) < 4.78 is 39.9. The zero-order valence-corrected chi connectivity index (χ0v) is 20.5. The highest BCUT2D eigenvalue weighted by Crippen LogP contribution is 2.32. The number of hydrogen-bond acceptors (Lipinski definition) is 5. The van der Waals surface area contributed by atoms with Gasteiger partial charge in [-0.25, -0.2) is 8.42 Å². The van der Waals surface area contributed by atoms with E-state index in [1.807, 2.05) is 18.2 Å². The standard InChI is InChI=1S/C26H26ClNO6S/c27-19-7-10-21(11-8-19)34-23-15-25(26(29)30)28(16-23)35(31,32)24-12-6-17-13-22(9-5-18(17)14-24)33-20-3-1-2-4-20/h5-14,20,23,25H,1-4,15-16H2,(H,29,30)/t23-,25-/m0/s1. The van der Waals surface area contributed by atoms with Crippen molar-refractivity contribution in [3.63, 3.8) is 0 Å². The largest absolute Gasteiger partial charge is 0.490 e. The number of rotatable bonds is 7. The summed E-state index contributed by atoms with van der Waals surface area (Å²) in [6.07, 6.45) is 4.16. The van der Waals surface area contributed by atoms with Crippen LogP contribution in [0.25, 0.3) is 10.8 Å². The molecule has 0 unspecified atom stereocenters. The molecule has 3 aromatic rings. The van der Waals surface area contributed by atoms with E-state index in [1.165, 1.54) is 18.9 Å². The summed E-state index contributed by atoms with van der Waals surface area (Å²) in [6.45, 7) is -0.0614. The van der Waals surface area contributed by atoms with E-state index < -0.39 is 28.1 Å². The monoisotopic (exact) mass is 515 g/mol. The van der Waals surface area contributed by atoms with Crippen molar-refractivity contribution in [2.24, 2.45) is 0 Å². The van der Waals surface area contributed by atoms with E-state index in [-0.39, 0.29) is 24.0 Å². The second-order valence-corrected chi connectivity index (χ2v) is 11.4. The Labute approximate surface area is 209 Å². The summed E-state index contributed by atoms with van der Waals surface area (Å²) in [5, 5.41) is 11.9. The van der Waals surface area contributed by atoms with Crippen molar-refractivity contribution in [2.45, 2.75) is 55.2 Å². The highest BCUT2D eigenvalue weighted by molar-refractivity contribution is 7.89. The first-order valence-electron chi connectivity index (χ1n) is 11.7. The van der Waals surface area contributed by atoms with Gasteiger partial charge in [0.05, 0.1) is 17.5 Å². The summed E-state index contributed by atoms with van der Waals surface area (Å²) >= 11 is 5.90. The van der Waals surface area contributed by atoms with E-state index in [9.17, 15) is 18.3 Å². The van der Waals surface area contributed by atoms with Crippen LogP contribution >= 0.6 is 11.6 Å². The molecule has 1 saturated carbocycles. The van der Waals surface area contributed by atoms with Gasteiger partial charge in [-0.1, -0.05) is 23.7 Å². The van der Waals surface area contributed by atoms with Crippen molar-refractivity contribution in [3.8, 4) is 11.5 Å². The van der Waals surface area contributed by atoms with Crippen LogP contribution in [-0.2, 0) is 14.8 Å². The Morgan fingerprint density at radius 2 is 1.51 bits per heavy atom. The molecule has 184 valence electrons. The van der Waals surface area contributed by atoms with Gasteiger partial charge in [0.15, 0.2) is 0 Å². The molecular weight excluding hydrogens is 490 g/mol. The van der Waals surface area contributed by atoms with Crippen LogP contribution in [0.5, 0.6) is 11.5 Å². The van der Waals surface area contributed by atoms with Crippen molar-refractivity contribution < 1.29 is 27.8 Å². The minimum absolute atomic E-state index is 0.0483. The first kappa shape index (κ1) is 23.9. The second kappa shape index (κ2) is 9.68. The van der Waals surface area contributed by atoms with Crippen LogP contribution in [0.4, 0.5) is 0 Å². The van der Waals surface area contributed by atoms with Crippen molar-refractivity contribution in [1.29, 1.82) is 0 Å². The van der Waals surface area contributed by atoms with Gasteiger partial charge >= 0.3 is 5.97 Å². The summed E-state index contributed by atoms with van der Waals surface area (Å²) in [7, 11) is -4.06. The molecule has 1 aliphatic heterocycles. The molecule has 0 aromatic heterocycles. The quantitative estimate of drug-likeness (QED) is 0.470. The third kappa shape index (κ3) is 5.10. The SMILES string of the molecule is O=C(O)[C@@H]1C[C@H](Oc2ccc(Cl)cc2)CN1S(=O)(=O)c1ccc2cc(OC3CCCC3)ccc2c1. The Morgan fingerprint density at radius 3 is 2.23 bits per heavy atom. The van der Waals surface area contributed by atoms with Gasteiger partial charge in [0.25, 0.3) is 0 Å². The number of ether oxygens (including phenoxy) is 2. The highest BCUT2D eigenvalue weighted by Gasteiger charge is 2.45. The van der Waals surface area contributed by atoms with Gasteiger partial charge in [-0.05, 0) is 85.0 Å². The Bertz CT molecular complexity index is 1340. The molecule has 1 heterocycles. The summed E-state index contributed by atoms with van der Waals surface area (Å²) in [5.74, 6) is 0.0714. The molecule has 2 atom stereocenters. The third-order valence-corrected chi connectivity index (χ3v) is 8.74. The lowest BCUT2D eigenvalue weighted by molar-refractivity contribution is -0.140. The van der Waals surface area contributed by atoms with E-state index in [1.54, 1.807) is 36.4 Å². The maximum atomic E-state index is 13.5. The van der Waals surface area contributed by atoms with Crippen LogP contribution in [0.3, 0.4) is 0 Å². The smallest absolute Gasteiger partial charge is 0.322 e. The van der Waals surface area contributed by atoms with Gasteiger partial charge in [-0.2, -0.15) is 4.31 Å². The third-order valence-electron chi connectivity index (χ3n) is 6.61. The Balaban J connectivity index is 1.37. The van der Waals surface area contributed by atoms with Crippen molar-refractivity contribution >= 4 is 38.4 Å². The van der Waals surface area contributed by atoms with Crippen LogP contribution in [-0.4, -0.2) is 48.6 Å². The average Bonchev–Trinajstić information content (AvgIpc) is 3.51. The zero-order valence-electron chi connectivity index (χ0n) is 19.0. The number of halogens is 1. The van der Waals surface area contributed by atoms with Gasteiger partial charge < -0.3 is 14.6 Å². The maximum absolute atomic E-state index is 13.5. The summed E-state index contributed by atoms with van der Waals surface area (Å²) in [4.78, 5) is 12.0. The van der Waals surface area contributed by atoms with E-state index in [4.69, 9.17) is 21.1 Å². The second-order valence-electron chi connectivity index (χ2n) is 9.05. The minimum atomic E-state index is -4.06. The fourth-order valence-corrected chi connectivity index (χ4v) is 6.61. The molecule has 3 aromatic carbocycles. The normalized spacial score (nSPS) is 21.4. The Morgan fingerprint density at radius 1 is 0.886 bits per heavy atom. The number of carboxylic acids is 1. The van der Waals surface area contributed by atoms with Crippen LogP contribution in [0, 0.1) is 0 Å². The zero-order chi connectivity index (χ0) is 24.6. The first-order chi connectivity index (χ1) is 16.8. The predicted octanol–water partition coefficient (Wildman–Crippen LogP) is 5.11. The topological polar surface area (TPSA) is 93.1 Å². The van der Waals surface area contributed by atoms with Crippen LogP contribution in [0.15, 0.2) is 65.6 Å². The molecule has 1 N–H and O–H groups in total. The van der Waals surface area contributed by atoms with Gasteiger partial charge in [0.1, 0.15) is 23.6 Å². The number of carboxylic acid groups (broad SMARTS) is 1. The first-order valence-corrected chi connectivity index (χ1v) is 13.5. The molecule has 0 radical (unpaired) electrons. The van der Waals surface area contributed by atoms with Gasteiger partial charge in [0, 0.05) is 11.4 Å². The van der Waals surface area contributed by atoms with Gasteiger partial charge in [-0.3, -0.25) is 4.79 Å². The van der Waals surface area contributed by atoms with Crippen LogP contribution in [0.2, 0.25) is 5.02 Å². The highest BCUT2D eigenvalue weighted by atomic mass is 35.5. The molecule has 7 nitrogen and oxygen atoms in total. The molecule has 5 rings (SSSR count). The molecule has 1 aliphatic carbocycles. The van der Waals surface area contributed by atoms with E-state index in [0.29, 0.717) is 10.8 Å². The number of benzene rings is 3. The lowest BCUT2D eigenvalue weighted by atomic mass is 10.1. The molecule has 0 spiro atoms. The number of nitrogens with zero attached hydrogens (tertiary/aromatic N) is 1. The fraction of sp³-hybridized carbons (Fsp3) is 0.346. The van der Waals surface area contributed by atoms with Gasteiger partial charge in [-0.15, -0.1) is 0 Å². The predicted molar refractivity (Wildman–Crippen MR) is 133 cm³/mol. The molecular formula is C26H26ClNO6S. The summed E-state index contributed by atoms with van der Waals surface area (Å²) in [6, 6.07) is 15.9. The lowest BCUT2D eigenvalue weighted by Crippen LogP contribution is -2.40. The molecule has 0 bridgehead atoms. The Hall–Kier alpha value is -2.81. The van der Waals surface area contributed by atoms with Crippen molar-refractivity contribution in [3.05, 3.63) is 65.7 Å². The molecule has 1 saturated heterocycles. The molecule has 9 heteroatoms. The summed E-state index contributed by atoms with van der Waals surface area (Å²) in [5.41, 5.74) is 0. The number of hydrogen-bond donors (Lipinski definition) is 1. The van der Waals surface area contributed by atoms with E-state index >= 15 is 0 Å². The van der Waals surface area contributed by atoms with Gasteiger partial charge in [0.2, 0.25) is 10.0 Å². The molecule has 2 fully saturated rings. The van der Waals surface area contributed by atoms with Crippen LogP contribution < -0.4 is 9.47 Å².